The van der Waals surface area contributed by atoms with Crippen molar-refractivity contribution in [1.29, 1.82) is 0 Å². The second-order valence-corrected chi connectivity index (χ2v) is 4.41. The van der Waals surface area contributed by atoms with E-state index in [4.69, 9.17) is 17.3 Å². The molecule has 0 spiro atoms. The third-order valence-corrected chi connectivity index (χ3v) is 2.66. The zero-order valence-electron chi connectivity index (χ0n) is 8.06. The maximum absolute atomic E-state index is 10.3. The molecule has 0 aromatic carbocycles. The Morgan fingerprint density at radius 3 is 3.00 bits per heavy atom. The summed E-state index contributed by atoms with van der Waals surface area (Å²) in [6.45, 7) is 1.87. The van der Waals surface area contributed by atoms with E-state index in [0.717, 1.165) is 17.5 Å². The minimum Gasteiger partial charge on any atom is -0.481 e. The van der Waals surface area contributed by atoms with Crippen molar-refractivity contribution in [3.8, 4) is 0 Å². The SMILES string of the molecule is Cc1cccc(NC(=S)SCC(=O)O)n1. The number of anilines is 1. The molecule has 1 heterocycles. The first-order valence-electron chi connectivity index (χ1n) is 4.17. The highest BCUT2D eigenvalue weighted by atomic mass is 32.2. The van der Waals surface area contributed by atoms with Crippen molar-refractivity contribution in [3.05, 3.63) is 23.9 Å². The Morgan fingerprint density at radius 2 is 2.40 bits per heavy atom. The lowest BCUT2D eigenvalue weighted by Gasteiger charge is -2.05. The topological polar surface area (TPSA) is 62.2 Å². The normalized spacial score (nSPS) is 9.67. The predicted molar refractivity (Wildman–Crippen MR) is 65.3 cm³/mol. The van der Waals surface area contributed by atoms with Gasteiger partial charge in [-0.25, -0.2) is 4.98 Å². The zero-order chi connectivity index (χ0) is 11.3. The lowest BCUT2D eigenvalue weighted by molar-refractivity contribution is -0.133. The van der Waals surface area contributed by atoms with Gasteiger partial charge in [0.05, 0.1) is 5.75 Å². The first kappa shape index (κ1) is 11.9. The van der Waals surface area contributed by atoms with Crippen molar-refractivity contribution in [2.24, 2.45) is 0 Å². The number of pyridine rings is 1. The van der Waals surface area contributed by atoms with Gasteiger partial charge >= 0.3 is 5.97 Å². The molecule has 2 N–H and O–H groups in total. The first-order valence-corrected chi connectivity index (χ1v) is 5.56. The molecule has 0 saturated carbocycles. The van der Waals surface area contributed by atoms with Crippen LogP contribution in [0, 0.1) is 6.92 Å². The van der Waals surface area contributed by atoms with Gasteiger partial charge in [-0.05, 0) is 19.1 Å². The molecular weight excluding hydrogens is 232 g/mol. The largest absolute Gasteiger partial charge is 0.481 e. The fourth-order valence-electron chi connectivity index (χ4n) is 0.881. The van der Waals surface area contributed by atoms with Crippen LogP contribution >= 0.6 is 24.0 Å². The maximum Gasteiger partial charge on any atom is 0.313 e. The number of hydrogen-bond acceptors (Lipinski definition) is 4. The second kappa shape index (κ2) is 5.67. The number of aryl methyl sites for hydroxylation is 1. The van der Waals surface area contributed by atoms with Crippen LogP contribution in [0.5, 0.6) is 0 Å². The number of rotatable bonds is 3. The molecule has 80 valence electrons. The lowest BCUT2D eigenvalue weighted by atomic mass is 10.4. The van der Waals surface area contributed by atoms with Crippen molar-refractivity contribution < 1.29 is 9.90 Å². The Labute approximate surface area is 97.1 Å². The van der Waals surface area contributed by atoms with E-state index in [1.165, 1.54) is 0 Å². The number of thioether (sulfide) groups is 1. The van der Waals surface area contributed by atoms with E-state index in [9.17, 15) is 4.79 Å². The number of nitrogens with one attached hydrogen (secondary N) is 1. The van der Waals surface area contributed by atoms with Crippen LogP contribution in [0.15, 0.2) is 18.2 Å². The zero-order valence-corrected chi connectivity index (χ0v) is 9.69. The summed E-state index contributed by atoms with van der Waals surface area (Å²) in [4.78, 5) is 14.5. The van der Waals surface area contributed by atoms with Crippen LogP contribution in [0.1, 0.15) is 5.69 Å². The van der Waals surface area contributed by atoms with Gasteiger partial charge in [0.15, 0.2) is 0 Å². The van der Waals surface area contributed by atoms with Crippen LogP contribution < -0.4 is 5.32 Å². The van der Waals surface area contributed by atoms with Gasteiger partial charge in [0.1, 0.15) is 10.1 Å². The van der Waals surface area contributed by atoms with Crippen LogP contribution in [0.2, 0.25) is 0 Å². The smallest absolute Gasteiger partial charge is 0.313 e. The van der Waals surface area contributed by atoms with Gasteiger partial charge in [-0.3, -0.25) is 4.79 Å². The standard InChI is InChI=1S/C9H10N2O2S2/c1-6-3-2-4-7(10-6)11-9(14)15-5-8(12)13/h2-4H,5H2,1H3,(H,12,13)(H,10,11,14). The Bertz CT molecular complexity index is 382. The van der Waals surface area contributed by atoms with Crippen LogP contribution in [-0.2, 0) is 4.79 Å². The molecule has 0 atom stereocenters. The Morgan fingerprint density at radius 1 is 1.67 bits per heavy atom. The number of carboxylic acids is 1. The molecule has 0 fully saturated rings. The minimum atomic E-state index is -0.888. The summed E-state index contributed by atoms with van der Waals surface area (Å²) in [5.74, 6) is -0.295. The van der Waals surface area contributed by atoms with E-state index in [0.29, 0.717) is 10.1 Å². The highest BCUT2D eigenvalue weighted by molar-refractivity contribution is 8.23. The average molecular weight is 242 g/mol. The van der Waals surface area contributed by atoms with E-state index in [-0.39, 0.29) is 5.75 Å². The summed E-state index contributed by atoms with van der Waals surface area (Å²) in [6.07, 6.45) is 0. The predicted octanol–water partition coefficient (Wildman–Crippen LogP) is 1.90. The van der Waals surface area contributed by atoms with Crippen LogP contribution in [0.4, 0.5) is 5.82 Å². The Balaban J connectivity index is 2.48. The molecular formula is C9H10N2O2S2. The van der Waals surface area contributed by atoms with Crippen LogP contribution in [0.3, 0.4) is 0 Å². The quantitative estimate of drug-likeness (QED) is 0.789. The highest BCUT2D eigenvalue weighted by Gasteiger charge is 2.03. The number of nitrogens with zero attached hydrogens (tertiary/aromatic N) is 1. The summed E-state index contributed by atoms with van der Waals surface area (Å²) in [7, 11) is 0. The lowest BCUT2D eigenvalue weighted by Crippen LogP contribution is -2.10. The van der Waals surface area contributed by atoms with Gasteiger partial charge in [0.2, 0.25) is 0 Å². The molecule has 1 aromatic heterocycles. The summed E-state index contributed by atoms with van der Waals surface area (Å²) in [6, 6.07) is 5.51. The first-order chi connectivity index (χ1) is 7.08. The molecule has 0 amide bonds. The molecule has 0 radical (unpaired) electrons. The summed E-state index contributed by atoms with van der Waals surface area (Å²) >= 11 is 6.01. The number of aliphatic carboxylic acids is 1. The molecule has 0 aliphatic heterocycles. The number of carbonyl (C=O) groups is 1. The summed E-state index contributed by atoms with van der Waals surface area (Å²) < 4.78 is 0.413. The highest BCUT2D eigenvalue weighted by Crippen LogP contribution is 2.09. The fourth-order valence-corrected chi connectivity index (χ4v) is 1.59. The molecule has 15 heavy (non-hydrogen) atoms. The third-order valence-electron chi connectivity index (χ3n) is 1.45. The molecule has 0 aliphatic carbocycles. The summed E-state index contributed by atoms with van der Waals surface area (Å²) in [5, 5.41) is 11.3. The fraction of sp³-hybridized carbons (Fsp3) is 0.222. The van der Waals surface area contributed by atoms with Crippen molar-refractivity contribution in [1.82, 2.24) is 4.98 Å². The molecule has 0 aliphatic rings. The van der Waals surface area contributed by atoms with Crippen molar-refractivity contribution in [3.63, 3.8) is 0 Å². The number of carboxylic acid groups (broad SMARTS) is 1. The van der Waals surface area contributed by atoms with Crippen LogP contribution in [0.25, 0.3) is 0 Å². The minimum absolute atomic E-state index is 0.0440. The molecule has 1 rings (SSSR count). The van der Waals surface area contributed by atoms with Gasteiger partial charge in [-0.2, -0.15) is 0 Å². The van der Waals surface area contributed by atoms with Gasteiger partial charge in [-0.15, -0.1) is 0 Å². The Hall–Kier alpha value is -1.14. The van der Waals surface area contributed by atoms with E-state index >= 15 is 0 Å². The number of thiocarbonyl (C=S) groups is 1. The van der Waals surface area contributed by atoms with E-state index < -0.39 is 5.97 Å². The second-order valence-electron chi connectivity index (χ2n) is 2.76. The summed E-state index contributed by atoms with van der Waals surface area (Å²) in [5.41, 5.74) is 0.881. The molecule has 6 heteroatoms. The molecule has 0 saturated heterocycles. The molecule has 0 unspecified atom stereocenters. The van der Waals surface area contributed by atoms with E-state index in [1.807, 2.05) is 19.1 Å². The maximum atomic E-state index is 10.3. The monoisotopic (exact) mass is 242 g/mol. The van der Waals surface area contributed by atoms with Crippen molar-refractivity contribution >= 4 is 40.1 Å². The van der Waals surface area contributed by atoms with Gasteiger partial charge in [0.25, 0.3) is 0 Å². The van der Waals surface area contributed by atoms with Gasteiger partial charge in [0, 0.05) is 5.69 Å². The Kier molecular flexibility index (Phi) is 4.51. The van der Waals surface area contributed by atoms with E-state index in [1.54, 1.807) is 6.07 Å². The number of aromatic nitrogens is 1. The van der Waals surface area contributed by atoms with Crippen LogP contribution in [-0.4, -0.2) is 26.1 Å². The van der Waals surface area contributed by atoms with E-state index in [2.05, 4.69) is 10.3 Å². The van der Waals surface area contributed by atoms with Crippen molar-refractivity contribution in [2.45, 2.75) is 6.92 Å². The molecule has 0 bridgehead atoms. The van der Waals surface area contributed by atoms with Gasteiger partial charge < -0.3 is 10.4 Å². The molecule has 4 nitrogen and oxygen atoms in total. The average Bonchev–Trinajstić information content (AvgIpc) is 2.15. The van der Waals surface area contributed by atoms with Gasteiger partial charge in [-0.1, -0.05) is 30.0 Å². The number of hydrogen-bond donors (Lipinski definition) is 2. The molecule has 1 aromatic rings. The third kappa shape index (κ3) is 4.75. The van der Waals surface area contributed by atoms with Crippen molar-refractivity contribution in [2.75, 3.05) is 11.1 Å².